The molecular formula is C23H28F6N6O4S2. The molecular weight excluding hydrogens is 602 g/mol. The van der Waals surface area contributed by atoms with Gasteiger partial charge in [0.25, 0.3) is 15.6 Å². The van der Waals surface area contributed by atoms with Crippen LogP contribution in [0.3, 0.4) is 0 Å². The van der Waals surface area contributed by atoms with Crippen LogP contribution in [0.2, 0.25) is 0 Å². The second-order valence-electron chi connectivity index (χ2n) is 10.1. The number of hydrogen-bond acceptors (Lipinski definition) is 9. The van der Waals surface area contributed by atoms with E-state index in [1.165, 1.54) is 15.3 Å². The van der Waals surface area contributed by atoms with E-state index in [2.05, 4.69) is 15.3 Å². The lowest BCUT2D eigenvalue weighted by atomic mass is 9.95. The minimum Gasteiger partial charge on any atom is -0.369 e. The summed E-state index contributed by atoms with van der Waals surface area (Å²) in [6, 6.07) is 1.77. The van der Waals surface area contributed by atoms with Crippen molar-refractivity contribution in [1.82, 2.24) is 24.5 Å². The van der Waals surface area contributed by atoms with Crippen molar-refractivity contribution in [2.75, 3.05) is 44.2 Å². The van der Waals surface area contributed by atoms with E-state index in [0.717, 1.165) is 11.3 Å². The quantitative estimate of drug-likeness (QED) is 0.448. The molecule has 0 radical (unpaired) electrons. The third kappa shape index (κ3) is 5.89. The molecule has 228 valence electrons. The van der Waals surface area contributed by atoms with Crippen LogP contribution in [0.15, 0.2) is 34.1 Å². The minimum absolute atomic E-state index is 0.0379. The van der Waals surface area contributed by atoms with Crippen molar-refractivity contribution >= 4 is 33.2 Å². The van der Waals surface area contributed by atoms with E-state index in [-0.39, 0.29) is 60.6 Å². The summed E-state index contributed by atoms with van der Waals surface area (Å²) in [5, 5.41) is 14.1. The van der Waals surface area contributed by atoms with Gasteiger partial charge in [0.2, 0.25) is 11.9 Å². The molecule has 18 heteroatoms. The van der Waals surface area contributed by atoms with Crippen molar-refractivity contribution < 1.29 is 44.7 Å². The van der Waals surface area contributed by atoms with E-state index in [1.54, 1.807) is 11.4 Å². The van der Waals surface area contributed by atoms with Crippen LogP contribution in [0.5, 0.6) is 0 Å². The van der Waals surface area contributed by atoms with E-state index < -0.39 is 45.6 Å². The summed E-state index contributed by atoms with van der Waals surface area (Å²) in [5.41, 5.74) is -6.79. The van der Waals surface area contributed by atoms with E-state index in [9.17, 15) is 44.7 Å². The van der Waals surface area contributed by atoms with Crippen LogP contribution in [-0.2, 0) is 20.4 Å². The van der Waals surface area contributed by atoms with Gasteiger partial charge < -0.3 is 15.3 Å². The Morgan fingerprint density at radius 1 is 1.10 bits per heavy atom. The van der Waals surface area contributed by atoms with Gasteiger partial charge in [0, 0.05) is 57.2 Å². The lowest BCUT2D eigenvalue weighted by Gasteiger charge is -2.45. The third-order valence-corrected chi connectivity index (χ3v) is 10.3. The van der Waals surface area contributed by atoms with Crippen molar-refractivity contribution in [2.24, 2.45) is 5.92 Å². The van der Waals surface area contributed by atoms with Gasteiger partial charge in [-0.25, -0.2) is 18.4 Å². The van der Waals surface area contributed by atoms with Crippen LogP contribution in [0.4, 0.5) is 32.3 Å². The molecule has 2 atom stereocenters. The molecule has 2 saturated heterocycles. The second kappa shape index (κ2) is 11.3. The zero-order valence-electron chi connectivity index (χ0n) is 21.9. The van der Waals surface area contributed by atoms with Gasteiger partial charge in [0.15, 0.2) is 0 Å². The number of thiophene rings is 1. The maximum atomic E-state index is 13.3. The van der Waals surface area contributed by atoms with Crippen LogP contribution in [0, 0.1) is 5.92 Å². The van der Waals surface area contributed by atoms with Gasteiger partial charge in [-0.05, 0) is 17.4 Å². The highest BCUT2D eigenvalue weighted by atomic mass is 32.2. The fraction of sp³-hybridized carbons (Fsp3) is 0.609. The molecule has 0 spiro atoms. The van der Waals surface area contributed by atoms with E-state index in [1.807, 2.05) is 18.7 Å². The first-order chi connectivity index (χ1) is 19.0. The Labute approximate surface area is 236 Å². The largest absolute Gasteiger partial charge is 0.430 e. The molecule has 2 aromatic rings. The number of amides is 1. The predicted molar refractivity (Wildman–Crippen MR) is 135 cm³/mol. The number of sulfonamides is 1. The molecule has 2 aromatic heterocycles. The minimum atomic E-state index is -6.10. The Morgan fingerprint density at radius 2 is 1.73 bits per heavy atom. The molecule has 2 N–H and O–H groups in total. The van der Waals surface area contributed by atoms with E-state index >= 15 is 0 Å². The molecule has 0 saturated carbocycles. The van der Waals surface area contributed by atoms with Gasteiger partial charge in [-0.3, -0.25) is 9.69 Å². The number of hydrogen-bond donors (Lipinski definition) is 2. The van der Waals surface area contributed by atoms with Crippen molar-refractivity contribution in [1.29, 1.82) is 0 Å². The molecule has 1 amide bonds. The predicted octanol–water partition coefficient (Wildman–Crippen LogP) is 2.19. The molecule has 0 unspecified atom stereocenters. The number of alkyl halides is 6. The van der Waals surface area contributed by atoms with Crippen molar-refractivity contribution in [3.05, 3.63) is 35.5 Å². The Bertz CT molecular complexity index is 1310. The summed E-state index contributed by atoms with van der Waals surface area (Å²) >= 11 is 1.03. The molecule has 4 heterocycles. The first-order valence-corrected chi connectivity index (χ1v) is 14.8. The molecule has 2 fully saturated rings. The fourth-order valence-corrected chi connectivity index (χ4v) is 7.69. The average Bonchev–Trinajstić information content (AvgIpc) is 3.43. The molecule has 0 aliphatic carbocycles. The molecule has 0 aromatic carbocycles. The number of piperazine rings is 2. The maximum Gasteiger partial charge on any atom is 0.430 e. The number of carbonyl (C=O) groups excluding carboxylic acids is 1. The van der Waals surface area contributed by atoms with Gasteiger partial charge in [-0.2, -0.15) is 30.6 Å². The molecule has 41 heavy (non-hydrogen) atoms. The van der Waals surface area contributed by atoms with E-state index in [4.69, 9.17) is 0 Å². The highest BCUT2D eigenvalue weighted by Gasteiger charge is 2.71. The van der Waals surface area contributed by atoms with Crippen molar-refractivity contribution in [3.63, 3.8) is 0 Å². The van der Waals surface area contributed by atoms with Crippen LogP contribution >= 0.6 is 11.3 Å². The second-order valence-corrected chi connectivity index (χ2v) is 13.2. The molecule has 2 aliphatic rings. The number of rotatable bonds is 7. The third-order valence-electron chi connectivity index (χ3n) is 7.11. The number of carbonyl (C=O) groups is 1. The molecule has 10 nitrogen and oxygen atoms in total. The molecule has 0 bridgehead atoms. The van der Waals surface area contributed by atoms with Crippen LogP contribution in [-0.4, -0.2) is 102 Å². The summed E-state index contributed by atoms with van der Waals surface area (Å²) in [6.07, 6.45) is -11.7. The Kier molecular flexibility index (Phi) is 8.63. The van der Waals surface area contributed by atoms with Gasteiger partial charge in [-0.15, -0.1) is 11.3 Å². The summed E-state index contributed by atoms with van der Waals surface area (Å²) < 4.78 is 108. The first kappa shape index (κ1) is 31.4. The number of nitrogens with zero attached hydrogens (tertiary/aromatic N) is 5. The highest BCUT2D eigenvalue weighted by molar-refractivity contribution is 7.91. The zero-order valence-corrected chi connectivity index (χ0v) is 23.5. The standard InChI is InChI=1S/C23H28F6N6O4S2/c1-14(2)18-19(36)30-5-6-33(18)12-16-13-34(41(38,39)17-4-3-9-40-17)7-8-35(16)20-31-10-15(11-32-20)21(37,22(24,25)26)23(27,28)29/h3-4,9-11,14,16,18,37H,5-8,12-13H2,1-2H3,(H,30,36)/t16-,18+/m0/s1. The van der Waals surface area contributed by atoms with Crippen molar-refractivity contribution in [3.8, 4) is 0 Å². The molecule has 2 aliphatic heterocycles. The summed E-state index contributed by atoms with van der Waals surface area (Å²) in [7, 11) is -3.89. The summed E-state index contributed by atoms with van der Waals surface area (Å²) in [5.74, 6) is -0.576. The van der Waals surface area contributed by atoms with Gasteiger partial charge >= 0.3 is 12.4 Å². The average molecular weight is 631 g/mol. The summed E-state index contributed by atoms with van der Waals surface area (Å²) in [4.78, 5) is 23.4. The first-order valence-electron chi connectivity index (χ1n) is 12.5. The normalized spacial score (nSPS) is 22.3. The van der Waals surface area contributed by atoms with Crippen LogP contribution in [0.25, 0.3) is 0 Å². The number of halogens is 6. The fourth-order valence-electron chi connectivity index (χ4n) is 5.08. The van der Waals surface area contributed by atoms with E-state index in [0.29, 0.717) is 13.1 Å². The molecule has 4 rings (SSSR count). The number of aliphatic hydroxyl groups is 1. The van der Waals surface area contributed by atoms with Gasteiger partial charge in [0.05, 0.1) is 12.1 Å². The highest BCUT2D eigenvalue weighted by Crippen LogP contribution is 2.49. The van der Waals surface area contributed by atoms with Gasteiger partial charge in [-0.1, -0.05) is 19.9 Å². The lowest BCUT2D eigenvalue weighted by molar-refractivity contribution is -0.376. The number of nitrogens with one attached hydrogen (secondary N) is 1. The smallest absolute Gasteiger partial charge is 0.369 e. The lowest BCUT2D eigenvalue weighted by Crippen LogP contribution is -2.64. The number of anilines is 1. The Hall–Kier alpha value is -2.54. The van der Waals surface area contributed by atoms with Crippen LogP contribution in [0.1, 0.15) is 19.4 Å². The van der Waals surface area contributed by atoms with Crippen LogP contribution < -0.4 is 10.2 Å². The topological polar surface area (TPSA) is 119 Å². The summed E-state index contributed by atoms with van der Waals surface area (Å²) in [6.45, 7) is 4.38. The number of aromatic nitrogens is 2. The van der Waals surface area contributed by atoms with Gasteiger partial charge in [0.1, 0.15) is 4.21 Å². The zero-order chi connectivity index (χ0) is 30.4. The SMILES string of the molecule is CC(C)[C@@H]1C(=O)NCCN1C[C@H]1CN(S(=O)(=O)c2cccs2)CCN1c1ncc(C(O)(C(F)(F)F)C(F)(F)F)cn1. The Balaban J connectivity index is 1.68. The monoisotopic (exact) mass is 630 g/mol. The van der Waals surface area contributed by atoms with Crippen molar-refractivity contribution in [2.45, 2.75) is 48.1 Å². The Morgan fingerprint density at radius 3 is 2.27 bits per heavy atom. The maximum absolute atomic E-state index is 13.3.